The first-order valence-corrected chi connectivity index (χ1v) is 11.1. The van der Waals surface area contributed by atoms with Gasteiger partial charge in [0.15, 0.2) is 6.61 Å². The summed E-state index contributed by atoms with van der Waals surface area (Å²) in [6.07, 6.45) is 9.43. The number of aromatic hydroxyl groups is 2. The number of phenolic OH excluding ortho intramolecular Hbond substituents is 2. The van der Waals surface area contributed by atoms with Crippen LogP contribution in [0.3, 0.4) is 0 Å². The van der Waals surface area contributed by atoms with Crippen LogP contribution < -0.4 is 5.73 Å². The van der Waals surface area contributed by atoms with Crippen LogP contribution in [-0.2, 0) is 20.8 Å². The van der Waals surface area contributed by atoms with E-state index >= 15 is 0 Å². The normalized spacial score (nSPS) is 18.0. The molecular weight excluding hydrogens is 450 g/mol. The van der Waals surface area contributed by atoms with E-state index in [0.717, 1.165) is 18.9 Å². The number of nitrogens with zero attached hydrogens (tertiary/aromatic N) is 2. The smallest absolute Gasteiger partial charge is 0.342 e. The third kappa shape index (κ3) is 7.80. The van der Waals surface area contributed by atoms with Crippen molar-refractivity contribution in [1.29, 1.82) is 0 Å². The average Bonchev–Trinajstić information content (AvgIpc) is 2.78. The number of benzene rings is 1. The molecule has 4 N–H and O–H groups in total. The van der Waals surface area contributed by atoms with Crippen LogP contribution in [0.15, 0.2) is 35.5 Å². The number of ether oxygens (including phenoxy) is 1. The second-order valence-corrected chi connectivity index (χ2v) is 7.63. The highest BCUT2D eigenvalue weighted by Crippen LogP contribution is 2.37. The first kappa shape index (κ1) is 26.2. The molecule has 1 aliphatic heterocycles. The minimum Gasteiger partial charge on any atom is -0.507 e. The van der Waals surface area contributed by atoms with Gasteiger partial charge in [-0.3, -0.25) is 4.79 Å². The van der Waals surface area contributed by atoms with Crippen LogP contribution in [0.4, 0.5) is 0 Å². The standard InChI is InChI=1S/C23H30ClN3O6/c1-2-27(11-10-25)20(30)15-33-26-16-9-7-5-3-4-6-8-12-32-23(31)21-17(13-16)22(24)19(29)14-18(21)28/h4,6-7,9,14,28-29H,2-3,5,8,10-13,15,25H2,1H3/b6-4+,9-7+,26-16+. The van der Waals surface area contributed by atoms with Gasteiger partial charge in [0.2, 0.25) is 0 Å². The summed E-state index contributed by atoms with van der Waals surface area (Å²) >= 11 is 6.27. The third-order valence-electron chi connectivity index (χ3n) is 4.88. The molecule has 2 rings (SSSR count). The number of carbonyl (C=O) groups is 2. The van der Waals surface area contributed by atoms with E-state index in [1.165, 1.54) is 0 Å². The zero-order valence-corrected chi connectivity index (χ0v) is 19.4. The number of esters is 1. The molecule has 0 aromatic heterocycles. The lowest BCUT2D eigenvalue weighted by Crippen LogP contribution is -2.37. The highest BCUT2D eigenvalue weighted by Gasteiger charge is 2.24. The van der Waals surface area contributed by atoms with Crippen molar-refractivity contribution in [2.45, 2.75) is 32.6 Å². The van der Waals surface area contributed by atoms with Crippen LogP contribution >= 0.6 is 11.6 Å². The molecule has 0 unspecified atom stereocenters. The number of rotatable bonds is 6. The lowest BCUT2D eigenvalue weighted by Gasteiger charge is -2.19. The molecule has 180 valence electrons. The summed E-state index contributed by atoms with van der Waals surface area (Å²) in [6, 6.07) is 0.990. The Bertz CT molecular complexity index is 929. The number of hydrogen-bond acceptors (Lipinski definition) is 8. The molecule has 0 fully saturated rings. The second kappa shape index (κ2) is 13.5. The number of halogens is 1. The first-order valence-electron chi connectivity index (χ1n) is 10.8. The highest BCUT2D eigenvalue weighted by molar-refractivity contribution is 6.33. The number of likely N-dealkylation sites (N-methyl/N-ethyl adjacent to an activating group) is 1. The van der Waals surface area contributed by atoms with Crippen molar-refractivity contribution in [1.82, 2.24) is 4.90 Å². The number of hydrogen-bond donors (Lipinski definition) is 3. The van der Waals surface area contributed by atoms with Crippen LogP contribution in [0.5, 0.6) is 11.5 Å². The van der Waals surface area contributed by atoms with Gasteiger partial charge in [0.25, 0.3) is 5.91 Å². The fraction of sp³-hybridized carbons (Fsp3) is 0.435. The first-order chi connectivity index (χ1) is 15.9. The summed E-state index contributed by atoms with van der Waals surface area (Å²) in [4.78, 5) is 31.7. The largest absolute Gasteiger partial charge is 0.507 e. The number of carbonyl (C=O) groups excluding carboxylic acids is 2. The van der Waals surface area contributed by atoms with Crippen LogP contribution in [0.25, 0.3) is 0 Å². The molecule has 0 radical (unpaired) electrons. The molecule has 0 saturated carbocycles. The fourth-order valence-corrected chi connectivity index (χ4v) is 3.41. The predicted molar refractivity (Wildman–Crippen MR) is 126 cm³/mol. The number of cyclic esters (lactones) is 1. The minimum absolute atomic E-state index is 0.0496. The van der Waals surface area contributed by atoms with Gasteiger partial charge in [0.05, 0.1) is 17.3 Å². The van der Waals surface area contributed by atoms with Crippen LogP contribution in [0.2, 0.25) is 5.02 Å². The van der Waals surface area contributed by atoms with E-state index in [1.807, 2.05) is 25.2 Å². The maximum atomic E-state index is 12.6. The maximum Gasteiger partial charge on any atom is 0.342 e. The Morgan fingerprint density at radius 2 is 1.97 bits per heavy atom. The van der Waals surface area contributed by atoms with Gasteiger partial charge in [-0.2, -0.15) is 0 Å². The monoisotopic (exact) mass is 479 g/mol. The van der Waals surface area contributed by atoms with Crippen molar-refractivity contribution in [3.8, 4) is 11.5 Å². The summed E-state index contributed by atoms with van der Waals surface area (Å²) in [5.41, 5.74) is 5.85. The van der Waals surface area contributed by atoms with Crippen molar-refractivity contribution in [2.24, 2.45) is 10.9 Å². The number of phenols is 2. The van der Waals surface area contributed by atoms with E-state index in [1.54, 1.807) is 11.0 Å². The summed E-state index contributed by atoms with van der Waals surface area (Å²) in [7, 11) is 0. The molecule has 0 bridgehead atoms. The van der Waals surface area contributed by atoms with Gasteiger partial charge in [-0.1, -0.05) is 35.0 Å². The van der Waals surface area contributed by atoms with Crippen molar-refractivity contribution in [3.05, 3.63) is 46.5 Å². The van der Waals surface area contributed by atoms with Gasteiger partial charge in [0, 0.05) is 32.1 Å². The minimum atomic E-state index is -0.769. The molecule has 9 nitrogen and oxygen atoms in total. The van der Waals surface area contributed by atoms with Crippen LogP contribution in [0, 0.1) is 0 Å². The SMILES string of the molecule is CCN(CCN)C(=O)CO/N=C1\C=C\CC/C=C/CCOC(=O)c2c(O)cc(O)c(Cl)c2C1. The molecular formula is C23H30ClN3O6. The van der Waals surface area contributed by atoms with Crippen molar-refractivity contribution >= 4 is 29.2 Å². The Balaban J connectivity index is 2.36. The molecule has 1 amide bonds. The van der Waals surface area contributed by atoms with E-state index in [-0.39, 0.29) is 47.4 Å². The Hall–Kier alpha value is -3.04. The van der Waals surface area contributed by atoms with Crippen molar-refractivity contribution < 1.29 is 29.4 Å². The zero-order valence-electron chi connectivity index (χ0n) is 18.6. The molecule has 0 saturated heterocycles. The second-order valence-electron chi connectivity index (χ2n) is 7.25. The third-order valence-corrected chi connectivity index (χ3v) is 5.30. The lowest BCUT2D eigenvalue weighted by atomic mass is 9.99. The Labute approximate surface area is 198 Å². The number of amides is 1. The summed E-state index contributed by atoms with van der Waals surface area (Å²) in [6.45, 7) is 2.92. The summed E-state index contributed by atoms with van der Waals surface area (Å²) in [5.74, 6) is -1.88. The van der Waals surface area contributed by atoms with Crippen molar-refractivity contribution in [3.63, 3.8) is 0 Å². The Kier molecular flexibility index (Phi) is 10.7. The van der Waals surface area contributed by atoms with Gasteiger partial charge in [-0.05, 0) is 37.8 Å². The van der Waals surface area contributed by atoms with E-state index in [2.05, 4.69) is 5.16 Å². The van der Waals surface area contributed by atoms with Gasteiger partial charge >= 0.3 is 5.97 Å². The molecule has 1 aromatic carbocycles. The molecule has 0 spiro atoms. The highest BCUT2D eigenvalue weighted by atomic mass is 35.5. The van der Waals surface area contributed by atoms with Gasteiger partial charge in [-0.25, -0.2) is 4.79 Å². The van der Waals surface area contributed by atoms with E-state index in [0.29, 0.717) is 31.8 Å². The quantitative estimate of drug-likeness (QED) is 0.324. The van der Waals surface area contributed by atoms with E-state index in [4.69, 9.17) is 26.9 Å². The predicted octanol–water partition coefficient (Wildman–Crippen LogP) is 2.93. The molecule has 10 heteroatoms. The Morgan fingerprint density at radius 3 is 2.70 bits per heavy atom. The van der Waals surface area contributed by atoms with Gasteiger partial charge in [-0.15, -0.1) is 0 Å². The van der Waals surface area contributed by atoms with Gasteiger partial charge < -0.3 is 30.4 Å². The van der Waals surface area contributed by atoms with Crippen LogP contribution in [-0.4, -0.2) is 65.5 Å². The summed E-state index contributed by atoms with van der Waals surface area (Å²) < 4.78 is 5.26. The average molecular weight is 480 g/mol. The molecule has 0 atom stereocenters. The molecule has 1 heterocycles. The molecule has 1 aliphatic rings. The van der Waals surface area contributed by atoms with E-state index < -0.39 is 11.7 Å². The number of allylic oxidation sites excluding steroid dienone is 3. The fourth-order valence-electron chi connectivity index (χ4n) is 3.20. The number of oxime groups is 1. The van der Waals surface area contributed by atoms with Crippen LogP contribution in [0.1, 0.15) is 42.1 Å². The number of fused-ring (bicyclic) bond motifs is 1. The lowest BCUT2D eigenvalue weighted by molar-refractivity contribution is -0.135. The van der Waals surface area contributed by atoms with E-state index in [9.17, 15) is 19.8 Å². The number of nitrogens with two attached hydrogens (primary N) is 1. The Morgan fingerprint density at radius 1 is 1.24 bits per heavy atom. The maximum absolute atomic E-state index is 12.6. The zero-order chi connectivity index (χ0) is 24.2. The molecule has 1 aromatic rings. The summed E-state index contributed by atoms with van der Waals surface area (Å²) in [5, 5.41) is 24.4. The molecule has 0 aliphatic carbocycles. The molecule has 33 heavy (non-hydrogen) atoms. The van der Waals surface area contributed by atoms with Gasteiger partial charge in [0.1, 0.15) is 17.1 Å². The topological polar surface area (TPSA) is 135 Å². The van der Waals surface area contributed by atoms with Crippen molar-refractivity contribution in [2.75, 3.05) is 32.8 Å².